The van der Waals surface area contributed by atoms with Crippen LogP contribution in [0, 0.1) is 0 Å². The van der Waals surface area contributed by atoms with Gasteiger partial charge in [0.15, 0.2) is 0 Å². The number of benzene rings is 1. The van der Waals surface area contributed by atoms with Gasteiger partial charge >= 0.3 is 6.03 Å². The van der Waals surface area contributed by atoms with E-state index in [2.05, 4.69) is 10.6 Å². The molecule has 0 spiro atoms. The number of thiophene rings is 1. The number of aliphatic hydroxyl groups is 1. The van der Waals surface area contributed by atoms with E-state index in [0.29, 0.717) is 11.6 Å². The van der Waals surface area contributed by atoms with Gasteiger partial charge in [0.05, 0.1) is 6.10 Å². The lowest BCUT2D eigenvalue weighted by Crippen LogP contribution is -2.37. The molecule has 0 aliphatic heterocycles. The Hall–Kier alpha value is -1.56. The largest absolute Gasteiger partial charge is 0.387 e. The van der Waals surface area contributed by atoms with E-state index in [-0.39, 0.29) is 12.6 Å². The second-order valence-electron chi connectivity index (χ2n) is 4.27. The van der Waals surface area contributed by atoms with E-state index in [1.54, 1.807) is 12.1 Å². The Kier molecular flexibility index (Phi) is 5.40. The fraction of sp³-hybridized carbons (Fsp3) is 0.214. The van der Waals surface area contributed by atoms with Gasteiger partial charge in [-0.05, 0) is 40.1 Å². The zero-order valence-electron chi connectivity index (χ0n) is 10.7. The average Bonchev–Trinajstić information content (AvgIpc) is 2.97. The molecule has 0 saturated carbocycles. The van der Waals surface area contributed by atoms with Gasteiger partial charge < -0.3 is 15.7 Å². The predicted octanol–water partition coefficient (Wildman–Crippen LogP) is 2.93. The summed E-state index contributed by atoms with van der Waals surface area (Å²) in [4.78, 5) is 11.6. The van der Waals surface area contributed by atoms with E-state index in [0.717, 1.165) is 11.1 Å². The fourth-order valence-electron chi connectivity index (χ4n) is 1.66. The van der Waals surface area contributed by atoms with Gasteiger partial charge in [0.2, 0.25) is 0 Å². The van der Waals surface area contributed by atoms with E-state index in [4.69, 9.17) is 11.6 Å². The Morgan fingerprint density at radius 2 is 2.20 bits per heavy atom. The van der Waals surface area contributed by atoms with Crippen molar-refractivity contribution in [2.45, 2.75) is 12.6 Å². The number of aliphatic hydroxyl groups excluding tert-OH is 1. The minimum Gasteiger partial charge on any atom is -0.387 e. The number of amides is 2. The van der Waals surface area contributed by atoms with Crippen LogP contribution in [0.4, 0.5) is 4.79 Å². The molecule has 106 valence electrons. The first-order valence-corrected chi connectivity index (χ1v) is 7.43. The van der Waals surface area contributed by atoms with Crippen molar-refractivity contribution in [3.63, 3.8) is 0 Å². The number of hydrogen-bond acceptors (Lipinski definition) is 3. The lowest BCUT2D eigenvalue weighted by molar-refractivity contribution is 0.173. The number of hydrogen-bond donors (Lipinski definition) is 3. The molecule has 1 atom stereocenters. The molecule has 1 unspecified atom stereocenters. The summed E-state index contributed by atoms with van der Waals surface area (Å²) >= 11 is 7.37. The number of carbonyl (C=O) groups excluding carboxylic acids is 1. The van der Waals surface area contributed by atoms with Crippen LogP contribution in [0.2, 0.25) is 5.02 Å². The zero-order chi connectivity index (χ0) is 14.4. The number of nitrogens with one attached hydrogen (secondary N) is 2. The van der Waals surface area contributed by atoms with Crippen molar-refractivity contribution in [3.05, 3.63) is 57.2 Å². The minimum absolute atomic E-state index is 0.179. The molecule has 1 aromatic carbocycles. The van der Waals surface area contributed by atoms with Crippen LogP contribution >= 0.6 is 22.9 Å². The summed E-state index contributed by atoms with van der Waals surface area (Å²) < 4.78 is 0. The van der Waals surface area contributed by atoms with Gasteiger partial charge in [0.25, 0.3) is 0 Å². The highest BCUT2D eigenvalue weighted by Crippen LogP contribution is 2.15. The normalized spacial score (nSPS) is 11.9. The predicted molar refractivity (Wildman–Crippen MR) is 81.0 cm³/mol. The van der Waals surface area contributed by atoms with Crippen LogP contribution in [0.3, 0.4) is 0 Å². The maximum Gasteiger partial charge on any atom is 0.315 e. The summed E-state index contributed by atoms with van der Waals surface area (Å²) in [5.74, 6) is 0. The summed E-state index contributed by atoms with van der Waals surface area (Å²) in [6.45, 7) is 0.569. The maximum absolute atomic E-state index is 11.6. The number of urea groups is 1. The quantitative estimate of drug-likeness (QED) is 0.795. The monoisotopic (exact) mass is 310 g/mol. The third-order valence-corrected chi connectivity index (χ3v) is 3.66. The molecular weight excluding hydrogens is 296 g/mol. The maximum atomic E-state index is 11.6. The van der Waals surface area contributed by atoms with Crippen molar-refractivity contribution in [3.8, 4) is 0 Å². The average molecular weight is 311 g/mol. The number of carbonyl (C=O) groups is 1. The fourth-order valence-corrected chi connectivity index (χ4v) is 2.58. The Labute approximate surface area is 126 Å². The lowest BCUT2D eigenvalue weighted by atomic mass is 10.2. The smallest absolute Gasteiger partial charge is 0.315 e. The molecule has 1 heterocycles. The van der Waals surface area contributed by atoms with Crippen LogP contribution in [0.5, 0.6) is 0 Å². The molecule has 0 aliphatic carbocycles. The van der Waals surface area contributed by atoms with Gasteiger partial charge in [-0.1, -0.05) is 23.7 Å². The second kappa shape index (κ2) is 7.28. The molecule has 2 aromatic rings. The van der Waals surface area contributed by atoms with Crippen LogP contribution in [-0.2, 0) is 6.54 Å². The van der Waals surface area contributed by atoms with Crippen LogP contribution in [0.1, 0.15) is 17.2 Å². The molecule has 1 aromatic heterocycles. The molecule has 6 heteroatoms. The SMILES string of the molecule is O=C(NCc1cccc(Cl)c1)NCC(O)c1ccsc1. The van der Waals surface area contributed by atoms with Crippen molar-refractivity contribution in [1.29, 1.82) is 0 Å². The summed E-state index contributed by atoms with van der Waals surface area (Å²) in [6, 6.07) is 8.80. The molecule has 2 rings (SSSR count). The summed E-state index contributed by atoms with van der Waals surface area (Å²) in [5, 5.41) is 19.5. The number of halogens is 1. The van der Waals surface area contributed by atoms with Gasteiger partial charge in [0, 0.05) is 18.1 Å². The molecular formula is C14H15ClN2O2S. The molecule has 0 fully saturated rings. The Morgan fingerprint density at radius 3 is 2.90 bits per heavy atom. The molecule has 20 heavy (non-hydrogen) atoms. The van der Waals surface area contributed by atoms with E-state index >= 15 is 0 Å². The van der Waals surface area contributed by atoms with Gasteiger partial charge in [-0.15, -0.1) is 0 Å². The van der Waals surface area contributed by atoms with Crippen LogP contribution < -0.4 is 10.6 Å². The molecule has 3 N–H and O–H groups in total. The van der Waals surface area contributed by atoms with E-state index in [9.17, 15) is 9.90 Å². The molecule has 2 amide bonds. The first kappa shape index (κ1) is 14.8. The Balaban J connectivity index is 1.73. The minimum atomic E-state index is -0.682. The molecule has 0 aliphatic rings. The number of rotatable bonds is 5. The summed E-state index contributed by atoms with van der Waals surface area (Å²) in [6.07, 6.45) is -0.682. The summed E-state index contributed by atoms with van der Waals surface area (Å²) in [7, 11) is 0. The highest BCUT2D eigenvalue weighted by atomic mass is 35.5. The summed E-state index contributed by atoms with van der Waals surface area (Å²) in [5.41, 5.74) is 1.73. The van der Waals surface area contributed by atoms with Crippen molar-refractivity contribution >= 4 is 29.0 Å². The van der Waals surface area contributed by atoms with Gasteiger partial charge in [-0.3, -0.25) is 0 Å². The van der Waals surface area contributed by atoms with E-state index in [1.165, 1.54) is 11.3 Å². The molecule has 0 bridgehead atoms. The van der Waals surface area contributed by atoms with Gasteiger partial charge in [-0.2, -0.15) is 11.3 Å². The van der Waals surface area contributed by atoms with Crippen molar-refractivity contribution in [2.75, 3.05) is 6.54 Å². The first-order valence-electron chi connectivity index (χ1n) is 6.11. The lowest BCUT2D eigenvalue weighted by Gasteiger charge is -2.11. The highest BCUT2D eigenvalue weighted by Gasteiger charge is 2.09. The Bertz CT molecular complexity index is 560. The van der Waals surface area contributed by atoms with Gasteiger partial charge in [0.1, 0.15) is 0 Å². The van der Waals surface area contributed by atoms with Gasteiger partial charge in [-0.25, -0.2) is 4.79 Å². The van der Waals surface area contributed by atoms with Crippen molar-refractivity contribution in [2.24, 2.45) is 0 Å². The topological polar surface area (TPSA) is 61.4 Å². The highest BCUT2D eigenvalue weighted by molar-refractivity contribution is 7.07. The van der Waals surface area contributed by atoms with Crippen LogP contribution in [-0.4, -0.2) is 17.7 Å². The van der Waals surface area contributed by atoms with E-state index < -0.39 is 6.10 Å². The third kappa shape index (κ3) is 4.52. The van der Waals surface area contributed by atoms with E-state index in [1.807, 2.05) is 29.0 Å². The molecule has 0 radical (unpaired) electrons. The first-order chi connectivity index (χ1) is 9.65. The van der Waals surface area contributed by atoms with Crippen molar-refractivity contribution in [1.82, 2.24) is 10.6 Å². The molecule has 0 saturated heterocycles. The van der Waals surface area contributed by atoms with Crippen LogP contribution in [0.25, 0.3) is 0 Å². The second-order valence-corrected chi connectivity index (χ2v) is 5.48. The van der Waals surface area contributed by atoms with Crippen molar-refractivity contribution < 1.29 is 9.90 Å². The zero-order valence-corrected chi connectivity index (χ0v) is 12.2. The Morgan fingerprint density at radius 1 is 1.35 bits per heavy atom. The third-order valence-electron chi connectivity index (χ3n) is 2.73. The standard InChI is InChI=1S/C14H15ClN2O2S/c15-12-3-1-2-10(6-12)7-16-14(19)17-8-13(18)11-4-5-20-9-11/h1-6,9,13,18H,7-8H2,(H2,16,17,19). The molecule has 4 nitrogen and oxygen atoms in total. The van der Waals surface area contributed by atoms with Crippen LogP contribution in [0.15, 0.2) is 41.1 Å².